The highest BCUT2D eigenvalue weighted by Crippen LogP contribution is 2.36. The molecule has 0 radical (unpaired) electrons. The van der Waals surface area contributed by atoms with Gasteiger partial charge in [-0.05, 0) is 51.6 Å². The Morgan fingerprint density at radius 1 is 1.46 bits per heavy atom. The molecule has 3 atom stereocenters. The van der Waals surface area contributed by atoms with Crippen LogP contribution in [-0.4, -0.2) is 40.7 Å². The molecule has 0 unspecified atom stereocenters. The predicted octanol–water partition coefficient (Wildman–Crippen LogP) is 3.31. The number of nitrogens with zero attached hydrogens (tertiary/aromatic N) is 4. The van der Waals surface area contributed by atoms with Gasteiger partial charge in [-0.2, -0.15) is 10.4 Å². The first-order valence-electron chi connectivity index (χ1n) is 8.97. The maximum absolute atomic E-state index is 13.7. The van der Waals surface area contributed by atoms with Gasteiger partial charge in [-0.1, -0.05) is 11.6 Å². The summed E-state index contributed by atoms with van der Waals surface area (Å²) in [5.41, 5.74) is 6.07. The van der Waals surface area contributed by atoms with Crippen LogP contribution in [0.3, 0.4) is 0 Å². The number of primary amides is 1. The Bertz CT molecular complexity index is 922. The van der Waals surface area contributed by atoms with Gasteiger partial charge in [0.15, 0.2) is 5.82 Å². The zero-order valence-corrected chi connectivity index (χ0v) is 16.4. The number of amides is 1. The highest BCUT2D eigenvalue weighted by molar-refractivity contribution is 6.30. The summed E-state index contributed by atoms with van der Waals surface area (Å²) in [6.45, 7) is 0. The Labute approximate surface area is 167 Å². The zero-order valence-electron chi connectivity index (χ0n) is 15.7. The van der Waals surface area contributed by atoms with Crippen molar-refractivity contribution in [2.24, 2.45) is 11.7 Å². The number of benzene rings is 1. The molecule has 3 rings (SSSR count). The van der Waals surface area contributed by atoms with Gasteiger partial charge in [0, 0.05) is 17.9 Å². The summed E-state index contributed by atoms with van der Waals surface area (Å²) in [4.78, 5) is 14.0. The Hall–Kier alpha value is -2.63. The fourth-order valence-electron chi connectivity index (χ4n) is 3.60. The maximum atomic E-state index is 13.7. The fraction of sp³-hybridized carbons (Fsp3) is 0.421. The van der Waals surface area contributed by atoms with Gasteiger partial charge < -0.3 is 16.0 Å². The van der Waals surface area contributed by atoms with Gasteiger partial charge in [0.05, 0.1) is 23.1 Å². The van der Waals surface area contributed by atoms with Gasteiger partial charge in [0.1, 0.15) is 11.4 Å². The van der Waals surface area contributed by atoms with E-state index in [4.69, 9.17) is 17.3 Å². The lowest BCUT2D eigenvalue weighted by Crippen LogP contribution is -2.37. The summed E-state index contributed by atoms with van der Waals surface area (Å²) < 4.78 is 15.3. The second-order valence-corrected chi connectivity index (χ2v) is 7.63. The van der Waals surface area contributed by atoms with Crippen LogP contribution >= 0.6 is 11.6 Å². The molecule has 1 amide bonds. The summed E-state index contributed by atoms with van der Waals surface area (Å²) in [5, 5.41) is 17.0. The number of carbonyl (C=O) groups excluding carboxylic acids is 1. The van der Waals surface area contributed by atoms with E-state index in [0.29, 0.717) is 11.7 Å². The van der Waals surface area contributed by atoms with Crippen LogP contribution in [0.5, 0.6) is 0 Å². The lowest BCUT2D eigenvalue weighted by Gasteiger charge is -2.35. The molecule has 1 fully saturated rings. The monoisotopic (exact) mass is 404 g/mol. The maximum Gasteiger partial charge on any atom is 0.254 e. The number of carbonyl (C=O) groups is 1. The molecule has 2 aromatic rings. The minimum atomic E-state index is -0.654. The van der Waals surface area contributed by atoms with Crippen molar-refractivity contribution in [2.75, 3.05) is 19.4 Å². The average Bonchev–Trinajstić information content (AvgIpc) is 3.08. The lowest BCUT2D eigenvalue weighted by atomic mass is 9.82. The van der Waals surface area contributed by atoms with Crippen molar-refractivity contribution in [2.45, 2.75) is 31.3 Å². The van der Waals surface area contributed by atoms with Crippen molar-refractivity contribution in [3.63, 3.8) is 0 Å². The molecule has 1 aliphatic rings. The summed E-state index contributed by atoms with van der Waals surface area (Å²) in [6, 6.07) is 6.75. The van der Waals surface area contributed by atoms with Crippen molar-refractivity contribution in [1.82, 2.24) is 14.7 Å². The minimum absolute atomic E-state index is 0.000665. The molecule has 0 bridgehead atoms. The Morgan fingerprint density at radius 2 is 2.21 bits per heavy atom. The molecule has 1 aromatic carbocycles. The highest BCUT2D eigenvalue weighted by Gasteiger charge is 2.34. The molecule has 1 heterocycles. The van der Waals surface area contributed by atoms with E-state index in [1.807, 2.05) is 14.1 Å². The molecule has 1 aliphatic carbocycles. The van der Waals surface area contributed by atoms with E-state index < -0.39 is 11.7 Å². The summed E-state index contributed by atoms with van der Waals surface area (Å²) in [6.07, 6.45) is 3.97. The second-order valence-electron chi connectivity index (χ2n) is 7.22. The van der Waals surface area contributed by atoms with E-state index in [2.05, 4.69) is 21.4 Å². The summed E-state index contributed by atoms with van der Waals surface area (Å²) in [7, 11) is 4.01. The predicted molar refractivity (Wildman–Crippen MR) is 105 cm³/mol. The summed E-state index contributed by atoms with van der Waals surface area (Å²) >= 11 is 5.71. The van der Waals surface area contributed by atoms with Crippen molar-refractivity contribution >= 4 is 29.0 Å². The molecule has 1 aromatic heterocycles. The molecule has 148 valence electrons. The quantitative estimate of drug-likeness (QED) is 0.796. The topological polar surface area (TPSA) is 100.0 Å². The number of hydrogen-bond acceptors (Lipinski definition) is 5. The van der Waals surface area contributed by atoms with E-state index in [9.17, 15) is 14.4 Å². The molecule has 3 N–H and O–H groups in total. The minimum Gasteiger partial charge on any atom is -0.365 e. The SMILES string of the molecule is CN(C)[C@H]1CC[C@H](n2cc(C(N)=O)c(Nc3ccc(Cl)c(F)c3)n2)[C@@H](C#N)C1. The number of nitrogens with one attached hydrogen (secondary N) is 1. The van der Waals surface area contributed by atoms with Crippen LogP contribution in [0.1, 0.15) is 35.7 Å². The van der Waals surface area contributed by atoms with Crippen molar-refractivity contribution in [1.29, 1.82) is 5.26 Å². The first kappa shape index (κ1) is 20.1. The van der Waals surface area contributed by atoms with Gasteiger partial charge in [-0.25, -0.2) is 4.39 Å². The molecule has 0 aliphatic heterocycles. The number of nitriles is 1. The van der Waals surface area contributed by atoms with E-state index >= 15 is 0 Å². The van der Waals surface area contributed by atoms with Crippen molar-refractivity contribution < 1.29 is 9.18 Å². The number of anilines is 2. The number of nitrogens with two attached hydrogens (primary N) is 1. The molecule has 7 nitrogen and oxygen atoms in total. The molecule has 0 saturated heterocycles. The van der Waals surface area contributed by atoms with Gasteiger partial charge in [-0.15, -0.1) is 0 Å². The van der Waals surface area contributed by atoms with Crippen LogP contribution in [0.15, 0.2) is 24.4 Å². The van der Waals surface area contributed by atoms with Gasteiger partial charge in [0.25, 0.3) is 5.91 Å². The van der Waals surface area contributed by atoms with Crippen molar-refractivity contribution in [3.8, 4) is 6.07 Å². The largest absolute Gasteiger partial charge is 0.365 e. The highest BCUT2D eigenvalue weighted by atomic mass is 35.5. The van der Waals surface area contributed by atoms with Crippen LogP contribution in [0.25, 0.3) is 0 Å². The van der Waals surface area contributed by atoms with Crippen LogP contribution in [0.2, 0.25) is 5.02 Å². The van der Waals surface area contributed by atoms with Crippen molar-refractivity contribution in [3.05, 3.63) is 40.8 Å². The Morgan fingerprint density at radius 3 is 2.82 bits per heavy atom. The van der Waals surface area contributed by atoms with Crippen LogP contribution < -0.4 is 11.1 Å². The second kappa shape index (κ2) is 8.17. The third-order valence-electron chi connectivity index (χ3n) is 5.20. The molecular weight excluding hydrogens is 383 g/mol. The van der Waals surface area contributed by atoms with E-state index in [0.717, 1.165) is 19.3 Å². The Kier molecular flexibility index (Phi) is 5.87. The van der Waals surface area contributed by atoms with Crippen LogP contribution in [0, 0.1) is 23.1 Å². The van der Waals surface area contributed by atoms with Gasteiger partial charge in [0.2, 0.25) is 0 Å². The molecule has 1 saturated carbocycles. The van der Waals surface area contributed by atoms with E-state index in [-0.39, 0.29) is 28.4 Å². The van der Waals surface area contributed by atoms with Crippen LogP contribution in [0.4, 0.5) is 15.9 Å². The number of aromatic nitrogens is 2. The molecular formula is C19H22ClFN6O. The summed E-state index contributed by atoms with van der Waals surface area (Å²) in [5.74, 6) is -1.25. The van der Waals surface area contributed by atoms with Gasteiger partial charge >= 0.3 is 0 Å². The number of hydrogen-bond donors (Lipinski definition) is 2. The zero-order chi connectivity index (χ0) is 20.4. The smallest absolute Gasteiger partial charge is 0.254 e. The standard InChI is InChI=1S/C19H22ClFN6O/c1-26(2)13-4-6-17(11(7-13)9-22)27-10-14(18(23)28)19(25-27)24-12-3-5-15(20)16(21)8-12/h3,5,8,10-11,13,17H,4,6-7H2,1-2H3,(H2,23,28)(H,24,25)/t11-,13+,17+/m1/s1. The van der Waals surface area contributed by atoms with E-state index in [1.54, 1.807) is 16.9 Å². The number of rotatable bonds is 5. The average molecular weight is 405 g/mol. The normalized spacial score (nSPS) is 22.1. The van der Waals surface area contributed by atoms with E-state index in [1.165, 1.54) is 12.1 Å². The Balaban J connectivity index is 1.89. The lowest BCUT2D eigenvalue weighted by molar-refractivity contribution is 0.100. The fourth-order valence-corrected chi connectivity index (χ4v) is 3.72. The third-order valence-corrected chi connectivity index (χ3v) is 5.51. The first-order chi connectivity index (χ1) is 13.3. The molecule has 9 heteroatoms. The number of halogens is 2. The third kappa shape index (κ3) is 4.11. The first-order valence-corrected chi connectivity index (χ1v) is 9.35. The van der Waals surface area contributed by atoms with Crippen LogP contribution in [-0.2, 0) is 0 Å². The molecule has 28 heavy (non-hydrogen) atoms. The van der Waals surface area contributed by atoms with Gasteiger partial charge in [-0.3, -0.25) is 9.48 Å². The molecule has 0 spiro atoms.